The number of hydrogen-bond acceptors (Lipinski definition) is 10. The van der Waals surface area contributed by atoms with Gasteiger partial charge < -0.3 is 20.4 Å². The van der Waals surface area contributed by atoms with Crippen molar-refractivity contribution in [3.05, 3.63) is 166 Å². The van der Waals surface area contributed by atoms with E-state index >= 15 is 0 Å². The van der Waals surface area contributed by atoms with Gasteiger partial charge in [-0.15, -0.1) is 10.2 Å². The van der Waals surface area contributed by atoms with Gasteiger partial charge in [-0.3, -0.25) is 0 Å². The quantitative estimate of drug-likeness (QED) is 0.101. The van der Waals surface area contributed by atoms with E-state index in [1.807, 2.05) is 98.8 Å². The van der Waals surface area contributed by atoms with E-state index in [9.17, 15) is 26.3 Å². The van der Waals surface area contributed by atoms with Gasteiger partial charge in [0.15, 0.2) is 11.6 Å². The number of rotatable bonds is 10. The van der Waals surface area contributed by atoms with Crippen molar-refractivity contribution >= 4 is 23.3 Å². The number of alkyl halides is 6. The Labute approximate surface area is 456 Å². The maximum Gasteiger partial charge on any atom is 0.453 e. The first-order valence-corrected chi connectivity index (χ1v) is 27.5. The van der Waals surface area contributed by atoms with Crippen LogP contribution in [0.5, 0.6) is 0 Å². The van der Waals surface area contributed by atoms with Crippen LogP contribution in [0.2, 0.25) is 0 Å². The van der Waals surface area contributed by atoms with Gasteiger partial charge in [-0.05, 0) is 192 Å². The molecule has 6 heterocycles. The Balaban J connectivity index is 0.000000167. The fourth-order valence-corrected chi connectivity index (χ4v) is 11.7. The lowest BCUT2D eigenvalue weighted by atomic mass is 10.0. The van der Waals surface area contributed by atoms with Crippen molar-refractivity contribution in [2.45, 2.75) is 116 Å². The third-order valence-corrected chi connectivity index (χ3v) is 15.9. The van der Waals surface area contributed by atoms with Gasteiger partial charge >= 0.3 is 12.4 Å². The van der Waals surface area contributed by atoms with Crippen molar-refractivity contribution in [3.8, 4) is 34.2 Å². The molecule has 12 rings (SSSR count). The number of nitrogens with one attached hydrogen (secondary N) is 2. The highest BCUT2D eigenvalue weighted by Gasteiger charge is 2.39. The van der Waals surface area contributed by atoms with Crippen LogP contribution < -0.4 is 10.6 Å². The van der Waals surface area contributed by atoms with E-state index in [0.717, 1.165) is 88.9 Å². The molecule has 2 saturated heterocycles. The maximum absolute atomic E-state index is 13.7. The Kier molecular flexibility index (Phi) is 15.4. The third kappa shape index (κ3) is 12.4. The summed E-state index contributed by atoms with van der Waals surface area (Å²) in [5.41, 5.74) is 11.6. The van der Waals surface area contributed by atoms with E-state index in [0.29, 0.717) is 34.8 Å². The smallest absolute Gasteiger partial charge is 0.324 e. The van der Waals surface area contributed by atoms with Crippen molar-refractivity contribution in [1.29, 1.82) is 0 Å². The molecule has 0 saturated carbocycles. The Morgan fingerprint density at radius 1 is 0.494 bits per heavy atom. The number of hydrogen-bond donors (Lipinski definition) is 2. The topological polar surface area (TPSA) is 118 Å². The van der Waals surface area contributed by atoms with E-state index in [2.05, 4.69) is 69.6 Å². The molecule has 2 aliphatic heterocycles. The van der Waals surface area contributed by atoms with Gasteiger partial charge in [0.05, 0.1) is 11.4 Å². The second-order valence-electron chi connectivity index (χ2n) is 21.6. The molecule has 4 aromatic heterocycles. The maximum atomic E-state index is 13.7. The second kappa shape index (κ2) is 22.7. The average Bonchev–Trinajstić information content (AvgIpc) is 4.31. The number of pyridine rings is 2. The number of nitrogens with zero attached hydrogens (tertiary/aromatic N) is 10. The highest BCUT2D eigenvalue weighted by Crippen LogP contribution is 2.35. The summed E-state index contributed by atoms with van der Waals surface area (Å²) in [5.74, 6) is -1.22. The molecule has 2 N–H and O–H groups in total. The van der Waals surface area contributed by atoms with Crippen molar-refractivity contribution in [3.63, 3.8) is 0 Å². The average molecular weight is 1080 g/mol. The third-order valence-electron chi connectivity index (χ3n) is 15.9. The molecule has 0 amide bonds. The van der Waals surface area contributed by atoms with Crippen LogP contribution in [0, 0.1) is 19.8 Å². The summed E-state index contributed by atoms with van der Waals surface area (Å²) in [4.78, 5) is 22.2. The van der Waals surface area contributed by atoms with Crippen molar-refractivity contribution in [2.24, 2.45) is 5.92 Å². The van der Waals surface area contributed by atoms with Crippen molar-refractivity contribution in [2.75, 3.05) is 36.8 Å². The molecular formula is C61H64F6N12. The fourth-order valence-electron chi connectivity index (χ4n) is 11.7. The van der Waals surface area contributed by atoms with Crippen LogP contribution >= 0.6 is 0 Å². The molecule has 2 fully saturated rings. The van der Waals surface area contributed by atoms with Gasteiger partial charge in [-0.2, -0.15) is 45.7 Å². The molecule has 79 heavy (non-hydrogen) atoms. The van der Waals surface area contributed by atoms with E-state index in [1.54, 1.807) is 24.3 Å². The first-order chi connectivity index (χ1) is 38.1. The zero-order valence-electron chi connectivity index (χ0n) is 44.6. The number of likely N-dealkylation sites (tertiary alicyclic amines) is 2. The van der Waals surface area contributed by atoms with E-state index in [1.165, 1.54) is 67.7 Å². The van der Waals surface area contributed by atoms with Gasteiger partial charge in [-0.25, -0.2) is 9.97 Å². The van der Waals surface area contributed by atoms with E-state index in [4.69, 9.17) is 0 Å². The largest absolute Gasteiger partial charge is 0.453 e. The number of benzene rings is 4. The highest BCUT2D eigenvalue weighted by molar-refractivity contribution is 5.65. The summed E-state index contributed by atoms with van der Waals surface area (Å²) < 4.78 is 84.4. The minimum Gasteiger partial charge on any atom is -0.324 e. The zero-order valence-corrected chi connectivity index (χ0v) is 44.6. The monoisotopic (exact) mass is 1080 g/mol. The molecule has 18 heteroatoms. The first-order valence-electron chi connectivity index (χ1n) is 27.5. The van der Waals surface area contributed by atoms with Gasteiger partial charge in [0.25, 0.3) is 11.6 Å². The molecule has 2 aliphatic carbocycles. The van der Waals surface area contributed by atoms with Crippen molar-refractivity contribution in [1.82, 2.24) is 49.3 Å². The van der Waals surface area contributed by atoms with Crippen LogP contribution in [-0.2, 0) is 38.0 Å². The Hall–Kier alpha value is -7.44. The molecule has 4 aromatic carbocycles. The van der Waals surface area contributed by atoms with Crippen LogP contribution in [-0.4, -0.2) is 87.6 Å². The number of aryl methyl sites for hydroxylation is 6. The van der Waals surface area contributed by atoms with Gasteiger partial charge in [0.2, 0.25) is 11.9 Å². The van der Waals surface area contributed by atoms with Crippen LogP contribution in [0.15, 0.2) is 121 Å². The molecule has 8 aromatic rings. The SMILES string of the molecule is Cc1cccc(-c2cccc(-n3nc(C(F)(F)F)nc3Nc3ccc4c(c3)CCC(N3CCC(C)C3)CC4)n2)c1.Cc1ccccc1-c1cccc(-n2nc(C(F)(F)F)nc2Nc2ccc3c(c2)CCC(N2CCCC2)CC3)n1. The highest BCUT2D eigenvalue weighted by atomic mass is 19.4. The summed E-state index contributed by atoms with van der Waals surface area (Å²) in [5, 5.41) is 13.8. The lowest BCUT2D eigenvalue weighted by Crippen LogP contribution is -2.33. The molecule has 3 unspecified atom stereocenters. The van der Waals surface area contributed by atoms with Gasteiger partial charge in [0.1, 0.15) is 0 Å². The number of fused-ring (bicyclic) bond motifs is 2. The van der Waals surface area contributed by atoms with Crippen molar-refractivity contribution < 1.29 is 26.3 Å². The molecule has 0 spiro atoms. The molecule has 410 valence electrons. The predicted octanol–water partition coefficient (Wildman–Crippen LogP) is 13.7. The van der Waals surface area contributed by atoms with E-state index in [-0.39, 0.29) is 23.5 Å². The molecule has 4 aliphatic rings. The Bertz CT molecular complexity index is 3430. The summed E-state index contributed by atoms with van der Waals surface area (Å²) in [6, 6.07) is 39.3. The van der Waals surface area contributed by atoms with Crippen LogP contribution in [0.25, 0.3) is 34.2 Å². The minimum atomic E-state index is -4.69. The zero-order chi connectivity index (χ0) is 54.8. The molecular weight excluding hydrogens is 1010 g/mol. The first kappa shape index (κ1) is 53.6. The predicted molar refractivity (Wildman–Crippen MR) is 295 cm³/mol. The second-order valence-corrected chi connectivity index (χ2v) is 21.6. The van der Waals surface area contributed by atoms with Crippen LogP contribution in [0.3, 0.4) is 0 Å². The summed E-state index contributed by atoms with van der Waals surface area (Å²) in [6.07, 6.45) is 2.84. The lowest BCUT2D eigenvalue weighted by molar-refractivity contribution is -0.145. The summed E-state index contributed by atoms with van der Waals surface area (Å²) in [7, 11) is 0. The minimum absolute atomic E-state index is 0.0275. The molecule has 0 bridgehead atoms. The molecule has 12 nitrogen and oxygen atoms in total. The van der Waals surface area contributed by atoms with Gasteiger partial charge in [0, 0.05) is 41.1 Å². The summed E-state index contributed by atoms with van der Waals surface area (Å²) in [6.45, 7) is 11.0. The standard InChI is InChI=1S/C31H33F3N6.C30H31F3N6/c1-20-5-3-6-24(17-20)27-7-4-8-28(36-27)40-30(37-29(38-40)31(32,33)34)35-25-12-9-22-10-13-26(14-11-23(22)18-25)39-16-15-21(2)19-39;1-20-7-2-3-8-25(20)26-9-6-10-27(35-26)39-29(36-28(37-39)30(31,32)33)34-23-14-11-21-12-15-24(16-13-22(21)19-23)38-17-4-5-18-38/h3-9,12,17-18,21,26H,10-11,13-16,19H2,1-2H3,(H,35,37,38);2-3,6-11,14,19,24H,4-5,12-13,15-18H2,1H3,(H,34,36,37). The molecule has 0 radical (unpaired) electrons. The normalized spacial score (nSPS) is 19.0. The Morgan fingerprint density at radius 2 is 1.01 bits per heavy atom. The van der Waals surface area contributed by atoms with E-state index < -0.39 is 24.0 Å². The lowest BCUT2D eigenvalue weighted by Gasteiger charge is -2.26. The molecule has 3 atom stereocenters. The van der Waals surface area contributed by atoms with Crippen LogP contribution in [0.1, 0.15) is 96.9 Å². The number of halogens is 6. The summed E-state index contributed by atoms with van der Waals surface area (Å²) >= 11 is 0. The fraction of sp³-hybridized carbons (Fsp3) is 0.377. The number of anilines is 4. The van der Waals surface area contributed by atoms with Gasteiger partial charge in [-0.1, -0.05) is 79.2 Å². The number of aromatic nitrogens is 8. The Morgan fingerprint density at radius 3 is 1.54 bits per heavy atom. The van der Waals surface area contributed by atoms with Crippen LogP contribution in [0.4, 0.5) is 49.6 Å².